The molecule has 8 nitrogen and oxygen atoms in total. The van der Waals surface area contributed by atoms with Crippen LogP contribution in [0.5, 0.6) is 0 Å². The summed E-state index contributed by atoms with van der Waals surface area (Å²) in [7, 11) is -3.60. The molecule has 156 valence electrons. The van der Waals surface area contributed by atoms with Crippen LogP contribution < -0.4 is 5.32 Å². The second-order valence-corrected chi connectivity index (χ2v) is 8.88. The summed E-state index contributed by atoms with van der Waals surface area (Å²) in [4.78, 5) is 12.6. The average Bonchev–Trinajstić information content (AvgIpc) is 3.23. The number of rotatable bonds is 5. The highest BCUT2D eigenvalue weighted by atomic mass is 32.2. The van der Waals surface area contributed by atoms with Crippen LogP contribution in [0, 0.1) is 6.92 Å². The SMILES string of the molecule is Cc1ccc(-c2cc(NC(=O)c3ccc(S(=O)(=O)N4CCOCC4)cc3)on2)cc1. The quantitative estimate of drug-likeness (QED) is 0.672. The third kappa shape index (κ3) is 4.28. The first-order chi connectivity index (χ1) is 14.4. The molecule has 1 aliphatic rings. The number of hydrogen-bond donors (Lipinski definition) is 1. The minimum atomic E-state index is -3.60. The van der Waals surface area contributed by atoms with Crippen LogP contribution in [0.3, 0.4) is 0 Å². The molecule has 2 aromatic carbocycles. The summed E-state index contributed by atoms with van der Waals surface area (Å²) in [5, 5.41) is 6.61. The summed E-state index contributed by atoms with van der Waals surface area (Å²) in [5.41, 5.74) is 2.93. The molecule has 1 saturated heterocycles. The van der Waals surface area contributed by atoms with Crippen LogP contribution >= 0.6 is 0 Å². The Bertz CT molecular complexity index is 1130. The molecule has 1 fully saturated rings. The van der Waals surface area contributed by atoms with Crippen molar-refractivity contribution in [2.24, 2.45) is 0 Å². The lowest BCUT2D eigenvalue weighted by molar-refractivity contribution is 0.0730. The van der Waals surface area contributed by atoms with Gasteiger partial charge in [-0.15, -0.1) is 0 Å². The number of nitrogens with one attached hydrogen (secondary N) is 1. The maximum Gasteiger partial charge on any atom is 0.258 e. The number of nitrogens with zero attached hydrogens (tertiary/aromatic N) is 2. The van der Waals surface area contributed by atoms with Gasteiger partial charge in [-0.25, -0.2) is 8.42 Å². The lowest BCUT2D eigenvalue weighted by Gasteiger charge is -2.26. The minimum absolute atomic E-state index is 0.141. The van der Waals surface area contributed by atoms with Crippen molar-refractivity contribution in [1.82, 2.24) is 9.46 Å². The summed E-state index contributed by atoms with van der Waals surface area (Å²) < 4.78 is 37.1. The van der Waals surface area contributed by atoms with Gasteiger partial charge in [0.1, 0.15) is 5.69 Å². The molecule has 3 aromatic rings. The summed E-state index contributed by atoms with van der Waals surface area (Å²) in [6.45, 7) is 3.39. The predicted molar refractivity (Wildman–Crippen MR) is 111 cm³/mol. The number of carbonyl (C=O) groups excluding carboxylic acids is 1. The summed E-state index contributed by atoms with van der Waals surface area (Å²) in [6, 6.07) is 15.2. The molecular weight excluding hydrogens is 406 g/mol. The fourth-order valence-electron chi connectivity index (χ4n) is 3.09. The predicted octanol–water partition coefficient (Wildman–Crippen LogP) is 2.92. The molecular formula is C21H21N3O5S. The molecule has 0 spiro atoms. The third-order valence-corrected chi connectivity index (χ3v) is 6.73. The van der Waals surface area contributed by atoms with Gasteiger partial charge >= 0.3 is 0 Å². The lowest BCUT2D eigenvalue weighted by Crippen LogP contribution is -2.40. The number of hydrogen-bond acceptors (Lipinski definition) is 6. The van der Waals surface area contributed by atoms with Gasteiger partial charge < -0.3 is 9.26 Å². The number of morpholine rings is 1. The highest BCUT2D eigenvalue weighted by molar-refractivity contribution is 7.89. The monoisotopic (exact) mass is 427 g/mol. The van der Waals surface area contributed by atoms with E-state index in [1.165, 1.54) is 28.6 Å². The van der Waals surface area contributed by atoms with Crippen LogP contribution in [-0.2, 0) is 14.8 Å². The first kappa shape index (κ1) is 20.3. The van der Waals surface area contributed by atoms with E-state index in [0.717, 1.165) is 11.1 Å². The molecule has 0 unspecified atom stereocenters. The van der Waals surface area contributed by atoms with Gasteiger partial charge in [0.05, 0.1) is 18.1 Å². The zero-order valence-corrected chi connectivity index (χ0v) is 17.2. The Morgan fingerprint density at radius 3 is 2.37 bits per heavy atom. The van der Waals surface area contributed by atoms with E-state index in [9.17, 15) is 13.2 Å². The number of carbonyl (C=O) groups is 1. The molecule has 1 N–H and O–H groups in total. The van der Waals surface area contributed by atoms with Gasteiger partial charge in [-0.2, -0.15) is 4.31 Å². The van der Waals surface area contributed by atoms with E-state index in [1.54, 1.807) is 6.07 Å². The minimum Gasteiger partial charge on any atom is -0.379 e. The van der Waals surface area contributed by atoms with Gasteiger partial charge in [0, 0.05) is 30.3 Å². The lowest BCUT2D eigenvalue weighted by atomic mass is 10.1. The molecule has 1 amide bonds. The van der Waals surface area contributed by atoms with Crippen molar-refractivity contribution < 1.29 is 22.5 Å². The van der Waals surface area contributed by atoms with Crippen molar-refractivity contribution in [3.8, 4) is 11.3 Å². The number of aromatic nitrogens is 1. The molecule has 9 heteroatoms. The molecule has 4 rings (SSSR count). The van der Waals surface area contributed by atoms with E-state index >= 15 is 0 Å². The zero-order valence-electron chi connectivity index (χ0n) is 16.4. The van der Waals surface area contributed by atoms with E-state index in [-0.39, 0.29) is 10.8 Å². The van der Waals surface area contributed by atoms with E-state index in [1.807, 2.05) is 31.2 Å². The fourth-order valence-corrected chi connectivity index (χ4v) is 4.50. The fraction of sp³-hybridized carbons (Fsp3) is 0.238. The molecule has 0 bridgehead atoms. The van der Waals surface area contributed by atoms with Crippen LogP contribution in [0.4, 0.5) is 5.88 Å². The number of anilines is 1. The Hall–Kier alpha value is -3.01. The number of sulfonamides is 1. The van der Waals surface area contributed by atoms with Crippen LogP contribution in [0.25, 0.3) is 11.3 Å². The van der Waals surface area contributed by atoms with Crippen LogP contribution in [0.2, 0.25) is 0 Å². The average molecular weight is 427 g/mol. The Kier molecular flexibility index (Phi) is 5.67. The maximum atomic E-state index is 12.7. The van der Waals surface area contributed by atoms with Crippen LogP contribution in [-0.4, -0.2) is 50.1 Å². The Balaban J connectivity index is 1.45. The van der Waals surface area contributed by atoms with Gasteiger partial charge in [0.2, 0.25) is 15.9 Å². The first-order valence-electron chi connectivity index (χ1n) is 9.46. The summed E-state index contributed by atoms with van der Waals surface area (Å²) >= 11 is 0. The molecule has 2 heterocycles. The summed E-state index contributed by atoms with van der Waals surface area (Å²) in [5.74, 6) is -0.211. The second kappa shape index (κ2) is 8.39. The number of benzene rings is 2. The maximum absolute atomic E-state index is 12.7. The highest BCUT2D eigenvalue weighted by Gasteiger charge is 2.26. The number of ether oxygens (including phenoxy) is 1. The van der Waals surface area contributed by atoms with Gasteiger partial charge in [-0.05, 0) is 31.2 Å². The van der Waals surface area contributed by atoms with Crippen molar-refractivity contribution in [3.05, 3.63) is 65.7 Å². The van der Waals surface area contributed by atoms with E-state index in [4.69, 9.17) is 9.26 Å². The molecule has 0 radical (unpaired) electrons. The Morgan fingerprint density at radius 2 is 1.70 bits per heavy atom. The highest BCUT2D eigenvalue weighted by Crippen LogP contribution is 2.23. The Morgan fingerprint density at radius 1 is 1.03 bits per heavy atom. The molecule has 1 aliphatic heterocycles. The van der Waals surface area contributed by atoms with Crippen LogP contribution in [0.15, 0.2) is 64.0 Å². The zero-order chi connectivity index (χ0) is 21.1. The second-order valence-electron chi connectivity index (χ2n) is 6.94. The molecule has 0 aliphatic carbocycles. The molecule has 1 aromatic heterocycles. The van der Waals surface area contributed by atoms with Crippen molar-refractivity contribution in [3.63, 3.8) is 0 Å². The van der Waals surface area contributed by atoms with Crippen molar-refractivity contribution >= 4 is 21.8 Å². The normalized spacial score (nSPS) is 15.1. The smallest absolute Gasteiger partial charge is 0.258 e. The number of amides is 1. The van der Waals surface area contributed by atoms with Crippen LogP contribution in [0.1, 0.15) is 15.9 Å². The van der Waals surface area contributed by atoms with Crippen molar-refractivity contribution in [2.45, 2.75) is 11.8 Å². The van der Waals surface area contributed by atoms with E-state index in [0.29, 0.717) is 37.6 Å². The van der Waals surface area contributed by atoms with Gasteiger partial charge in [-0.1, -0.05) is 35.0 Å². The summed E-state index contributed by atoms with van der Waals surface area (Å²) in [6.07, 6.45) is 0. The van der Waals surface area contributed by atoms with Crippen molar-refractivity contribution in [2.75, 3.05) is 31.6 Å². The van der Waals surface area contributed by atoms with Crippen molar-refractivity contribution in [1.29, 1.82) is 0 Å². The first-order valence-corrected chi connectivity index (χ1v) is 10.9. The van der Waals surface area contributed by atoms with E-state index in [2.05, 4.69) is 10.5 Å². The molecule has 0 saturated carbocycles. The Labute approximate surface area is 174 Å². The molecule has 0 atom stereocenters. The molecule has 30 heavy (non-hydrogen) atoms. The van der Waals surface area contributed by atoms with Gasteiger partial charge in [-0.3, -0.25) is 10.1 Å². The van der Waals surface area contributed by atoms with Gasteiger partial charge in [0.25, 0.3) is 5.91 Å². The van der Waals surface area contributed by atoms with Gasteiger partial charge in [0.15, 0.2) is 0 Å². The third-order valence-electron chi connectivity index (χ3n) is 4.82. The largest absolute Gasteiger partial charge is 0.379 e. The van der Waals surface area contributed by atoms with E-state index < -0.39 is 15.9 Å². The standard InChI is InChI=1S/C21H21N3O5S/c1-15-2-4-16(5-3-15)19-14-20(29-23-19)22-21(25)17-6-8-18(9-7-17)30(26,27)24-10-12-28-13-11-24/h2-9,14H,10-13H2,1H3,(H,22,25). The topological polar surface area (TPSA) is 102 Å². The number of aryl methyl sites for hydroxylation is 1.